The van der Waals surface area contributed by atoms with Crippen LogP contribution >= 0.6 is 0 Å². The Bertz CT molecular complexity index is 1620. The number of pyridine rings is 2. The third-order valence-electron chi connectivity index (χ3n) is 7.72. The molecule has 0 spiro atoms. The Hall–Kier alpha value is -4.14. The van der Waals surface area contributed by atoms with Gasteiger partial charge in [-0.25, -0.2) is 4.98 Å². The van der Waals surface area contributed by atoms with Crippen LogP contribution in [0.15, 0.2) is 79.3 Å². The fraction of sp³-hybridized carbons (Fsp3) is 0.312. The van der Waals surface area contributed by atoms with E-state index in [1.54, 1.807) is 0 Å². The maximum absolute atomic E-state index is 6.12. The highest BCUT2D eigenvalue weighted by Crippen LogP contribution is 2.33. The lowest BCUT2D eigenvalue weighted by Crippen LogP contribution is -2.41. The van der Waals surface area contributed by atoms with Crippen molar-refractivity contribution in [2.45, 2.75) is 50.6 Å². The lowest BCUT2D eigenvalue weighted by atomic mass is 9.92. The second-order valence-corrected chi connectivity index (χ2v) is 10.5. The molecule has 2 aliphatic rings. The van der Waals surface area contributed by atoms with Crippen molar-refractivity contribution >= 4 is 21.8 Å². The SMILES string of the molecule is Cn1c2ccncc2c2ccc(-c3ccc(OC4CC(Oc5cccc(OOC6CCCCO6)c5)C4)nc3)cc21. The molecule has 2 fully saturated rings. The van der Waals surface area contributed by atoms with Crippen LogP contribution in [0.1, 0.15) is 32.1 Å². The van der Waals surface area contributed by atoms with Gasteiger partial charge in [0.15, 0.2) is 5.75 Å². The Morgan fingerprint density at radius 2 is 1.70 bits per heavy atom. The maximum atomic E-state index is 6.12. The molecule has 0 bridgehead atoms. The Morgan fingerprint density at radius 1 is 0.825 bits per heavy atom. The number of fused-ring (bicyclic) bond motifs is 3. The molecule has 1 atom stereocenters. The first-order valence-corrected chi connectivity index (χ1v) is 13.9. The monoisotopic (exact) mass is 537 g/mol. The second-order valence-electron chi connectivity index (χ2n) is 10.5. The summed E-state index contributed by atoms with van der Waals surface area (Å²) in [4.78, 5) is 19.8. The van der Waals surface area contributed by atoms with Gasteiger partial charge in [0.25, 0.3) is 0 Å². The van der Waals surface area contributed by atoms with Gasteiger partial charge in [-0.1, -0.05) is 18.2 Å². The van der Waals surface area contributed by atoms with Crippen molar-refractivity contribution in [3.8, 4) is 28.5 Å². The predicted octanol–water partition coefficient (Wildman–Crippen LogP) is 6.61. The van der Waals surface area contributed by atoms with Gasteiger partial charge in [-0.05, 0) is 48.7 Å². The molecule has 2 aromatic carbocycles. The van der Waals surface area contributed by atoms with E-state index >= 15 is 0 Å². The minimum Gasteiger partial charge on any atom is -0.490 e. The Balaban J connectivity index is 0.930. The lowest BCUT2D eigenvalue weighted by Gasteiger charge is -2.35. The van der Waals surface area contributed by atoms with Crippen LogP contribution in [0.2, 0.25) is 0 Å². The molecule has 0 amide bonds. The van der Waals surface area contributed by atoms with Crippen LogP contribution in [0, 0.1) is 0 Å². The molecule has 5 aromatic rings. The van der Waals surface area contributed by atoms with Gasteiger partial charge in [-0.2, -0.15) is 4.89 Å². The van der Waals surface area contributed by atoms with E-state index in [0.29, 0.717) is 18.2 Å². The molecule has 1 saturated carbocycles. The average Bonchev–Trinajstić information content (AvgIpc) is 3.27. The highest BCUT2D eigenvalue weighted by atomic mass is 17.2. The van der Waals surface area contributed by atoms with Crippen LogP contribution in [0.4, 0.5) is 0 Å². The van der Waals surface area contributed by atoms with Gasteiger partial charge in [0.2, 0.25) is 12.2 Å². The first-order valence-electron chi connectivity index (χ1n) is 13.9. The van der Waals surface area contributed by atoms with Crippen molar-refractivity contribution in [2.75, 3.05) is 6.61 Å². The van der Waals surface area contributed by atoms with Gasteiger partial charge in [0, 0.05) is 85.5 Å². The quantitative estimate of drug-likeness (QED) is 0.163. The molecule has 1 aliphatic heterocycles. The fourth-order valence-corrected chi connectivity index (χ4v) is 5.42. The zero-order valence-electron chi connectivity index (χ0n) is 22.4. The first-order chi connectivity index (χ1) is 19.7. The molecule has 1 unspecified atom stereocenters. The van der Waals surface area contributed by atoms with Gasteiger partial charge < -0.3 is 23.7 Å². The molecule has 7 rings (SSSR count). The topological polar surface area (TPSA) is 76.9 Å². The second kappa shape index (κ2) is 10.8. The first kappa shape index (κ1) is 24.9. The molecule has 3 aromatic heterocycles. The fourth-order valence-electron chi connectivity index (χ4n) is 5.42. The van der Waals surface area contributed by atoms with E-state index in [4.69, 9.17) is 24.0 Å². The number of aromatic nitrogens is 3. The van der Waals surface area contributed by atoms with Gasteiger partial charge >= 0.3 is 0 Å². The van der Waals surface area contributed by atoms with Crippen molar-refractivity contribution in [1.29, 1.82) is 0 Å². The smallest absolute Gasteiger partial charge is 0.213 e. The largest absolute Gasteiger partial charge is 0.490 e. The summed E-state index contributed by atoms with van der Waals surface area (Å²) in [5.74, 6) is 1.97. The van der Waals surface area contributed by atoms with Gasteiger partial charge in [0.05, 0.1) is 5.52 Å². The van der Waals surface area contributed by atoms with Crippen molar-refractivity contribution in [1.82, 2.24) is 14.5 Å². The summed E-state index contributed by atoms with van der Waals surface area (Å²) < 4.78 is 20.0. The Labute approximate surface area is 232 Å². The summed E-state index contributed by atoms with van der Waals surface area (Å²) in [6.07, 6.45) is 10.1. The summed E-state index contributed by atoms with van der Waals surface area (Å²) in [6, 6.07) is 20.0. The third kappa shape index (κ3) is 5.08. The van der Waals surface area contributed by atoms with E-state index in [1.807, 2.05) is 55.0 Å². The van der Waals surface area contributed by atoms with Gasteiger partial charge in [-0.15, -0.1) is 0 Å². The molecule has 0 radical (unpaired) electrons. The molecule has 1 saturated heterocycles. The summed E-state index contributed by atoms with van der Waals surface area (Å²) in [5, 5.41) is 2.36. The minimum absolute atomic E-state index is 0.0790. The summed E-state index contributed by atoms with van der Waals surface area (Å²) in [6.45, 7) is 0.710. The molecular weight excluding hydrogens is 506 g/mol. The Morgan fingerprint density at radius 3 is 2.55 bits per heavy atom. The highest BCUT2D eigenvalue weighted by Gasteiger charge is 2.33. The lowest BCUT2D eigenvalue weighted by molar-refractivity contribution is -0.327. The third-order valence-corrected chi connectivity index (χ3v) is 7.72. The normalized spacial score (nSPS) is 20.8. The van der Waals surface area contributed by atoms with Crippen molar-refractivity contribution in [2.24, 2.45) is 7.05 Å². The molecular formula is C32H31N3O5. The number of hydrogen-bond donors (Lipinski definition) is 0. The van der Waals surface area contributed by atoms with Gasteiger partial charge in [-0.3, -0.25) is 4.98 Å². The number of rotatable bonds is 8. The van der Waals surface area contributed by atoms with E-state index in [-0.39, 0.29) is 18.5 Å². The minimum atomic E-state index is -0.309. The van der Waals surface area contributed by atoms with Gasteiger partial charge in [0.1, 0.15) is 18.0 Å². The van der Waals surface area contributed by atoms with Crippen LogP contribution in [0.25, 0.3) is 32.9 Å². The number of aryl methyl sites for hydroxylation is 1. The molecule has 8 nitrogen and oxygen atoms in total. The zero-order chi connectivity index (χ0) is 26.9. The van der Waals surface area contributed by atoms with Crippen molar-refractivity contribution in [3.63, 3.8) is 0 Å². The van der Waals surface area contributed by atoms with Crippen LogP contribution < -0.4 is 14.4 Å². The average molecular weight is 538 g/mol. The van der Waals surface area contributed by atoms with Crippen LogP contribution in [0.5, 0.6) is 17.4 Å². The molecule has 204 valence electrons. The Kier molecular flexibility index (Phi) is 6.71. The molecule has 40 heavy (non-hydrogen) atoms. The molecule has 0 N–H and O–H groups in total. The van der Waals surface area contributed by atoms with E-state index in [2.05, 4.69) is 45.8 Å². The van der Waals surface area contributed by atoms with Crippen LogP contribution in [-0.2, 0) is 16.7 Å². The van der Waals surface area contributed by atoms with E-state index in [1.165, 1.54) is 16.4 Å². The summed E-state index contributed by atoms with van der Waals surface area (Å²) in [7, 11) is 2.09. The number of nitrogens with zero attached hydrogens (tertiary/aromatic N) is 3. The standard InChI is InChI=1S/C32H31N3O5/c1-35-29-12-13-33-20-28(29)27-10-8-21(15-30(27)35)22-9-11-31(34-19-22)38-26-17-25(18-26)37-23-5-4-6-24(16-23)39-40-32-7-2-3-14-36-32/h4-6,8-13,15-16,19-20,25-26,32H,2-3,7,14,17-18H2,1H3. The molecule has 1 aliphatic carbocycles. The molecule has 4 heterocycles. The summed E-state index contributed by atoms with van der Waals surface area (Å²) >= 11 is 0. The maximum Gasteiger partial charge on any atom is 0.213 e. The van der Waals surface area contributed by atoms with E-state index < -0.39 is 0 Å². The highest BCUT2D eigenvalue weighted by molar-refractivity contribution is 6.08. The molecule has 8 heteroatoms. The van der Waals surface area contributed by atoms with E-state index in [9.17, 15) is 0 Å². The van der Waals surface area contributed by atoms with Crippen LogP contribution in [0.3, 0.4) is 0 Å². The number of hydrogen-bond acceptors (Lipinski definition) is 7. The number of ether oxygens (including phenoxy) is 3. The summed E-state index contributed by atoms with van der Waals surface area (Å²) in [5.41, 5.74) is 4.51. The predicted molar refractivity (Wildman–Crippen MR) is 151 cm³/mol. The van der Waals surface area contributed by atoms with Crippen molar-refractivity contribution < 1.29 is 24.0 Å². The zero-order valence-corrected chi connectivity index (χ0v) is 22.4. The van der Waals surface area contributed by atoms with Crippen molar-refractivity contribution in [3.05, 3.63) is 79.3 Å². The number of benzene rings is 2. The van der Waals surface area contributed by atoms with E-state index in [0.717, 1.165) is 54.4 Å². The van der Waals surface area contributed by atoms with Crippen LogP contribution in [-0.4, -0.2) is 39.6 Å².